The number of carbonyl (C=O) groups is 1. The van der Waals surface area contributed by atoms with Crippen LogP contribution in [0.4, 0.5) is 10.1 Å². The molecule has 0 aliphatic heterocycles. The molecular formula is C16H13ClFNO. The Labute approximate surface area is 121 Å². The largest absolute Gasteiger partial charge is 0.320 e. The van der Waals surface area contributed by atoms with Crippen molar-refractivity contribution in [2.24, 2.45) is 0 Å². The molecule has 2 aromatic rings. The molecule has 1 amide bonds. The summed E-state index contributed by atoms with van der Waals surface area (Å²) in [7, 11) is 0. The summed E-state index contributed by atoms with van der Waals surface area (Å²) >= 11 is 5.64. The zero-order chi connectivity index (χ0) is 14.5. The molecule has 2 aromatic carbocycles. The third-order valence-corrected chi connectivity index (χ3v) is 2.93. The van der Waals surface area contributed by atoms with Crippen molar-refractivity contribution < 1.29 is 9.18 Å². The summed E-state index contributed by atoms with van der Waals surface area (Å²) in [4.78, 5) is 11.7. The van der Waals surface area contributed by atoms with E-state index in [1.54, 1.807) is 6.08 Å². The number of carbonyl (C=O) groups excluding carboxylic acids is 1. The summed E-state index contributed by atoms with van der Waals surface area (Å²) in [6.07, 6.45) is 3.03. The van der Waals surface area contributed by atoms with E-state index in [4.69, 9.17) is 11.6 Å². The minimum Gasteiger partial charge on any atom is -0.320 e. The van der Waals surface area contributed by atoms with Crippen LogP contribution in [0, 0.1) is 12.7 Å². The summed E-state index contributed by atoms with van der Waals surface area (Å²) < 4.78 is 13.5. The molecule has 1 N–H and O–H groups in total. The first-order valence-electron chi connectivity index (χ1n) is 6.05. The van der Waals surface area contributed by atoms with E-state index in [-0.39, 0.29) is 10.7 Å². The zero-order valence-electron chi connectivity index (χ0n) is 10.9. The Bertz CT molecular complexity index is 650. The topological polar surface area (TPSA) is 29.1 Å². The van der Waals surface area contributed by atoms with Gasteiger partial charge in [-0.1, -0.05) is 41.4 Å². The van der Waals surface area contributed by atoms with Crippen LogP contribution in [0.3, 0.4) is 0 Å². The number of amides is 1. The zero-order valence-corrected chi connectivity index (χ0v) is 11.6. The molecule has 0 fully saturated rings. The minimum atomic E-state index is -0.561. The second-order valence-electron chi connectivity index (χ2n) is 4.36. The van der Waals surface area contributed by atoms with Gasteiger partial charge in [0.1, 0.15) is 5.82 Å². The Morgan fingerprint density at radius 2 is 1.90 bits per heavy atom. The molecule has 2 rings (SSSR count). The van der Waals surface area contributed by atoms with Gasteiger partial charge in [-0.05, 0) is 36.8 Å². The molecule has 0 aliphatic rings. The number of aryl methyl sites for hydroxylation is 1. The number of hydrogen-bond donors (Lipinski definition) is 1. The third-order valence-electron chi connectivity index (χ3n) is 2.69. The van der Waals surface area contributed by atoms with Crippen molar-refractivity contribution in [3.05, 3.63) is 70.5 Å². The maximum Gasteiger partial charge on any atom is 0.248 e. The quantitative estimate of drug-likeness (QED) is 0.832. The Kier molecular flexibility index (Phi) is 4.53. The Morgan fingerprint density at radius 3 is 2.55 bits per heavy atom. The Balaban J connectivity index is 2.03. The van der Waals surface area contributed by atoms with Gasteiger partial charge in [0.05, 0.1) is 5.69 Å². The van der Waals surface area contributed by atoms with Crippen molar-refractivity contribution in [3.8, 4) is 0 Å². The smallest absolute Gasteiger partial charge is 0.248 e. The highest BCUT2D eigenvalue weighted by molar-refractivity contribution is 6.30. The lowest BCUT2D eigenvalue weighted by atomic mass is 10.1. The van der Waals surface area contributed by atoms with E-state index in [1.165, 1.54) is 18.2 Å². The van der Waals surface area contributed by atoms with E-state index in [0.717, 1.165) is 17.2 Å². The highest BCUT2D eigenvalue weighted by Crippen LogP contribution is 2.18. The molecule has 4 heteroatoms. The van der Waals surface area contributed by atoms with Gasteiger partial charge in [0, 0.05) is 11.1 Å². The fourth-order valence-electron chi connectivity index (χ4n) is 1.61. The van der Waals surface area contributed by atoms with Crippen LogP contribution in [0.5, 0.6) is 0 Å². The van der Waals surface area contributed by atoms with Crippen LogP contribution >= 0.6 is 11.6 Å². The van der Waals surface area contributed by atoms with Gasteiger partial charge in [0.15, 0.2) is 0 Å². The molecule has 0 spiro atoms. The van der Waals surface area contributed by atoms with E-state index < -0.39 is 11.7 Å². The molecule has 0 aromatic heterocycles. The lowest BCUT2D eigenvalue weighted by molar-refractivity contribution is -0.111. The molecule has 0 aliphatic carbocycles. The van der Waals surface area contributed by atoms with Gasteiger partial charge in [0.2, 0.25) is 5.91 Å². The van der Waals surface area contributed by atoms with Crippen LogP contribution in [-0.2, 0) is 4.79 Å². The first-order valence-corrected chi connectivity index (χ1v) is 6.43. The fourth-order valence-corrected chi connectivity index (χ4v) is 1.77. The monoisotopic (exact) mass is 289 g/mol. The molecular weight excluding hydrogens is 277 g/mol. The molecule has 0 bridgehead atoms. The van der Waals surface area contributed by atoms with Crippen molar-refractivity contribution in [2.75, 3.05) is 5.32 Å². The van der Waals surface area contributed by atoms with Gasteiger partial charge in [0.25, 0.3) is 0 Å². The SMILES string of the molecule is Cc1ccc(C=CC(=O)Nc2ccc(Cl)cc2F)cc1. The highest BCUT2D eigenvalue weighted by Gasteiger charge is 2.04. The molecule has 0 heterocycles. The second kappa shape index (κ2) is 6.35. The predicted octanol–water partition coefficient (Wildman–Crippen LogP) is 4.44. The molecule has 0 saturated heterocycles. The standard InChI is InChI=1S/C16H13ClFNO/c1-11-2-4-12(5-3-11)6-9-16(20)19-15-8-7-13(17)10-14(15)18/h2-10H,1H3,(H,19,20). The van der Waals surface area contributed by atoms with Crippen molar-refractivity contribution in [1.82, 2.24) is 0 Å². The lowest BCUT2D eigenvalue weighted by Gasteiger charge is -2.03. The van der Waals surface area contributed by atoms with Crippen molar-refractivity contribution in [3.63, 3.8) is 0 Å². The summed E-state index contributed by atoms with van der Waals surface area (Å²) in [6, 6.07) is 11.8. The van der Waals surface area contributed by atoms with Gasteiger partial charge in [-0.3, -0.25) is 4.79 Å². The van der Waals surface area contributed by atoms with E-state index in [0.29, 0.717) is 0 Å². The van der Waals surface area contributed by atoms with Gasteiger partial charge in [-0.15, -0.1) is 0 Å². The molecule has 0 radical (unpaired) electrons. The minimum absolute atomic E-state index is 0.105. The van der Waals surface area contributed by atoms with E-state index in [1.807, 2.05) is 31.2 Å². The molecule has 0 saturated carbocycles. The summed E-state index contributed by atoms with van der Waals surface area (Å²) in [6.45, 7) is 1.99. The van der Waals surface area contributed by atoms with Crippen LogP contribution < -0.4 is 5.32 Å². The number of nitrogens with one attached hydrogen (secondary N) is 1. The average Bonchev–Trinajstić information content (AvgIpc) is 2.41. The summed E-state index contributed by atoms with van der Waals surface area (Å²) in [5, 5.41) is 2.75. The second-order valence-corrected chi connectivity index (χ2v) is 4.79. The van der Waals surface area contributed by atoms with Crippen LogP contribution in [0.1, 0.15) is 11.1 Å². The number of benzene rings is 2. The Morgan fingerprint density at radius 1 is 1.20 bits per heavy atom. The van der Waals surface area contributed by atoms with Crippen LogP contribution in [0.25, 0.3) is 6.08 Å². The molecule has 102 valence electrons. The van der Waals surface area contributed by atoms with Gasteiger partial charge in [-0.2, -0.15) is 0 Å². The predicted molar refractivity (Wildman–Crippen MR) is 80.3 cm³/mol. The molecule has 20 heavy (non-hydrogen) atoms. The number of rotatable bonds is 3. The van der Waals surface area contributed by atoms with Crippen molar-refractivity contribution in [1.29, 1.82) is 0 Å². The first kappa shape index (κ1) is 14.3. The maximum atomic E-state index is 13.5. The number of halogens is 2. The van der Waals surface area contributed by atoms with E-state index in [9.17, 15) is 9.18 Å². The molecule has 0 atom stereocenters. The van der Waals surface area contributed by atoms with Crippen molar-refractivity contribution in [2.45, 2.75) is 6.92 Å². The van der Waals surface area contributed by atoms with Crippen LogP contribution in [0.2, 0.25) is 5.02 Å². The first-order chi connectivity index (χ1) is 9.54. The average molecular weight is 290 g/mol. The van der Waals surface area contributed by atoms with Crippen molar-refractivity contribution >= 4 is 29.3 Å². The van der Waals surface area contributed by atoms with E-state index >= 15 is 0 Å². The maximum absolute atomic E-state index is 13.5. The van der Waals surface area contributed by atoms with Gasteiger partial charge < -0.3 is 5.32 Å². The highest BCUT2D eigenvalue weighted by atomic mass is 35.5. The number of hydrogen-bond acceptors (Lipinski definition) is 1. The van der Waals surface area contributed by atoms with Crippen LogP contribution in [-0.4, -0.2) is 5.91 Å². The number of anilines is 1. The summed E-state index contributed by atoms with van der Waals surface area (Å²) in [5.41, 5.74) is 2.16. The van der Waals surface area contributed by atoms with E-state index in [2.05, 4.69) is 5.32 Å². The normalized spacial score (nSPS) is 10.8. The fraction of sp³-hybridized carbons (Fsp3) is 0.0625. The third kappa shape index (κ3) is 3.93. The molecule has 2 nitrogen and oxygen atoms in total. The lowest BCUT2D eigenvalue weighted by Crippen LogP contribution is -2.09. The van der Waals surface area contributed by atoms with Gasteiger partial charge in [-0.25, -0.2) is 4.39 Å². The summed E-state index contributed by atoms with van der Waals surface area (Å²) in [5.74, 6) is -0.957. The van der Waals surface area contributed by atoms with Gasteiger partial charge >= 0.3 is 0 Å². The Hall–Kier alpha value is -2.13. The molecule has 0 unspecified atom stereocenters. The van der Waals surface area contributed by atoms with Crippen LogP contribution in [0.15, 0.2) is 48.5 Å².